The molecule has 0 fully saturated rings. The molecule has 2 nitrogen and oxygen atoms in total. The lowest BCUT2D eigenvalue weighted by Gasteiger charge is -2.27. The first-order valence-electron chi connectivity index (χ1n) is 6.14. The minimum Gasteiger partial charge on any atom is -0.373 e. The predicted molar refractivity (Wildman–Crippen MR) is 76.6 cm³/mol. The molecule has 2 aromatic carbocycles. The van der Waals surface area contributed by atoms with Crippen LogP contribution < -0.4 is 4.90 Å². The Labute approximate surface area is 108 Å². The summed E-state index contributed by atoms with van der Waals surface area (Å²) >= 11 is 0. The Morgan fingerprint density at radius 3 is 2.50 bits per heavy atom. The van der Waals surface area contributed by atoms with Crippen molar-refractivity contribution in [1.29, 1.82) is 5.26 Å². The summed E-state index contributed by atoms with van der Waals surface area (Å²) in [7, 11) is 2.04. The molecule has 92 valence electrons. The van der Waals surface area contributed by atoms with E-state index in [0.29, 0.717) is 0 Å². The van der Waals surface area contributed by atoms with Crippen LogP contribution in [-0.4, -0.2) is 13.6 Å². The smallest absolute Gasteiger partial charge is 0.0702 e. The molecule has 2 aromatic rings. The maximum Gasteiger partial charge on any atom is 0.0702 e. The summed E-state index contributed by atoms with van der Waals surface area (Å²) < 4.78 is 0. The summed E-state index contributed by atoms with van der Waals surface area (Å²) in [6, 6.07) is 17.0. The molecule has 0 saturated heterocycles. The topological polar surface area (TPSA) is 27.0 Å². The maximum absolute atomic E-state index is 9.13. The highest BCUT2D eigenvalue weighted by atomic mass is 15.1. The van der Waals surface area contributed by atoms with Crippen molar-refractivity contribution in [1.82, 2.24) is 0 Å². The molecule has 0 radical (unpaired) electrons. The van der Waals surface area contributed by atoms with Gasteiger partial charge in [-0.1, -0.05) is 36.4 Å². The van der Waals surface area contributed by atoms with Gasteiger partial charge in [0.05, 0.1) is 11.5 Å². The van der Waals surface area contributed by atoms with Gasteiger partial charge in [0, 0.05) is 24.7 Å². The molecular formula is C16H18N2. The van der Waals surface area contributed by atoms with Crippen molar-refractivity contribution in [2.75, 3.05) is 18.5 Å². The average molecular weight is 238 g/mol. The molecule has 0 aliphatic carbocycles. The van der Waals surface area contributed by atoms with E-state index in [-0.39, 0.29) is 5.41 Å². The monoisotopic (exact) mass is 238 g/mol. The molecule has 0 amide bonds. The standard InChI is InChI=1S/C16H18N2/c1-16(2,11-17)12-18(3)15-10-6-8-13-7-4-5-9-14(13)15/h4-10H,12H2,1-3H3. The first-order valence-corrected chi connectivity index (χ1v) is 6.14. The Kier molecular flexibility index (Phi) is 3.25. The molecule has 0 aromatic heterocycles. The molecule has 2 heteroatoms. The van der Waals surface area contributed by atoms with Crippen molar-refractivity contribution >= 4 is 16.5 Å². The lowest BCUT2D eigenvalue weighted by Crippen LogP contribution is -2.30. The van der Waals surface area contributed by atoms with E-state index in [9.17, 15) is 0 Å². The number of rotatable bonds is 3. The quantitative estimate of drug-likeness (QED) is 0.812. The molecule has 0 saturated carbocycles. The molecule has 0 bridgehead atoms. The van der Waals surface area contributed by atoms with Crippen LogP contribution in [0.3, 0.4) is 0 Å². The Hall–Kier alpha value is -2.01. The molecule has 2 rings (SSSR count). The SMILES string of the molecule is CN(CC(C)(C)C#N)c1cccc2ccccc12. The molecule has 0 unspecified atom stereocenters. The highest BCUT2D eigenvalue weighted by Gasteiger charge is 2.20. The van der Waals surface area contributed by atoms with Gasteiger partial charge < -0.3 is 4.90 Å². The van der Waals surface area contributed by atoms with Crippen LogP contribution in [0, 0.1) is 16.7 Å². The molecule has 0 atom stereocenters. The Bertz CT molecular complexity index is 588. The first-order chi connectivity index (χ1) is 8.53. The van der Waals surface area contributed by atoms with Gasteiger partial charge in [0.25, 0.3) is 0 Å². The van der Waals surface area contributed by atoms with Crippen LogP contribution >= 0.6 is 0 Å². The van der Waals surface area contributed by atoms with Crippen LogP contribution in [0.15, 0.2) is 42.5 Å². The highest BCUT2D eigenvalue weighted by Crippen LogP contribution is 2.28. The molecule has 18 heavy (non-hydrogen) atoms. The van der Waals surface area contributed by atoms with Crippen molar-refractivity contribution in [3.05, 3.63) is 42.5 Å². The normalized spacial score (nSPS) is 11.2. The number of hydrogen-bond acceptors (Lipinski definition) is 2. The van der Waals surface area contributed by atoms with Crippen molar-refractivity contribution in [3.8, 4) is 6.07 Å². The minimum absolute atomic E-state index is 0.342. The third-order valence-corrected chi connectivity index (χ3v) is 3.11. The zero-order valence-electron chi connectivity index (χ0n) is 11.1. The van der Waals surface area contributed by atoms with E-state index in [4.69, 9.17) is 5.26 Å². The number of hydrogen-bond donors (Lipinski definition) is 0. The largest absolute Gasteiger partial charge is 0.373 e. The van der Waals surface area contributed by atoms with Gasteiger partial charge >= 0.3 is 0 Å². The van der Waals surface area contributed by atoms with Gasteiger partial charge in [-0.3, -0.25) is 0 Å². The zero-order chi connectivity index (χ0) is 13.2. The number of nitriles is 1. The number of benzene rings is 2. The van der Waals surface area contributed by atoms with Gasteiger partial charge in [0.2, 0.25) is 0 Å². The van der Waals surface area contributed by atoms with Crippen LogP contribution in [0.2, 0.25) is 0 Å². The maximum atomic E-state index is 9.13. The van der Waals surface area contributed by atoms with E-state index in [1.165, 1.54) is 16.5 Å². The molecule has 0 aliphatic heterocycles. The van der Waals surface area contributed by atoms with Crippen molar-refractivity contribution in [3.63, 3.8) is 0 Å². The molecule has 0 spiro atoms. The van der Waals surface area contributed by atoms with Crippen LogP contribution in [-0.2, 0) is 0 Å². The zero-order valence-corrected chi connectivity index (χ0v) is 11.1. The second-order valence-corrected chi connectivity index (χ2v) is 5.35. The fourth-order valence-corrected chi connectivity index (χ4v) is 2.25. The van der Waals surface area contributed by atoms with E-state index >= 15 is 0 Å². The third kappa shape index (κ3) is 2.46. The van der Waals surface area contributed by atoms with E-state index in [1.807, 2.05) is 27.0 Å². The summed E-state index contributed by atoms with van der Waals surface area (Å²) in [4.78, 5) is 2.16. The second kappa shape index (κ2) is 4.70. The van der Waals surface area contributed by atoms with Crippen LogP contribution in [0.25, 0.3) is 10.8 Å². The van der Waals surface area contributed by atoms with E-state index < -0.39 is 0 Å². The van der Waals surface area contributed by atoms with Gasteiger partial charge in [0.15, 0.2) is 0 Å². The fraction of sp³-hybridized carbons (Fsp3) is 0.312. The van der Waals surface area contributed by atoms with Crippen LogP contribution in [0.1, 0.15) is 13.8 Å². The van der Waals surface area contributed by atoms with Crippen molar-refractivity contribution in [2.45, 2.75) is 13.8 Å². The van der Waals surface area contributed by atoms with Gasteiger partial charge in [-0.15, -0.1) is 0 Å². The Balaban J connectivity index is 2.40. The average Bonchev–Trinajstić information content (AvgIpc) is 2.37. The van der Waals surface area contributed by atoms with E-state index in [0.717, 1.165) is 6.54 Å². The highest BCUT2D eigenvalue weighted by molar-refractivity contribution is 5.94. The second-order valence-electron chi connectivity index (χ2n) is 5.35. The van der Waals surface area contributed by atoms with Gasteiger partial charge in [-0.2, -0.15) is 5.26 Å². The molecular weight excluding hydrogens is 220 g/mol. The Morgan fingerprint density at radius 2 is 1.78 bits per heavy atom. The summed E-state index contributed by atoms with van der Waals surface area (Å²) in [6.07, 6.45) is 0. The summed E-state index contributed by atoms with van der Waals surface area (Å²) in [5.74, 6) is 0. The Morgan fingerprint density at radius 1 is 1.11 bits per heavy atom. The fourth-order valence-electron chi connectivity index (χ4n) is 2.25. The number of anilines is 1. The summed E-state index contributed by atoms with van der Waals surface area (Å²) in [5.41, 5.74) is 0.836. The number of nitrogens with zero attached hydrogens (tertiary/aromatic N) is 2. The van der Waals surface area contributed by atoms with Gasteiger partial charge in [-0.25, -0.2) is 0 Å². The molecule has 0 aliphatic rings. The van der Waals surface area contributed by atoms with Crippen molar-refractivity contribution in [2.24, 2.45) is 5.41 Å². The third-order valence-electron chi connectivity index (χ3n) is 3.11. The lowest BCUT2D eigenvalue weighted by atomic mass is 9.95. The van der Waals surface area contributed by atoms with E-state index in [1.54, 1.807) is 0 Å². The predicted octanol–water partition coefficient (Wildman–Crippen LogP) is 3.83. The lowest BCUT2D eigenvalue weighted by molar-refractivity contribution is 0.498. The minimum atomic E-state index is -0.342. The van der Waals surface area contributed by atoms with Gasteiger partial charge in [-0.05, 0) is 25.3 Å². The van der Waals surface area contributed by atoms with E-state index in [2.05, 4.69) is 47.4 Å². The van der Waals surface area contributed by atoms with Crippen molar-refractivity contribution < 1.29 is 0 Å². The van der Waals surface area contributed by atoms with Crippen LogP contribution in [0.5, 0.6) is 0 Å². The van der Waals surface area contributed by atoms with Gasteiger partial charge in [0.1, 0.15) is 0 Å². The molecule has 0 heterocycles. The molecule has 0 N–H and O–H groups in total. The van der Waals surface area contributed by atoms with Crippen LogP contribution in [0.4, 0.5) is 5.69 Å². The summed E-state index contributed by atoms with van der Waals surface area (Å²) in [5, 5.41) is 11.6. The summed E-state index contributed by atoms with van der Waals surface area (Å²) in [6.45, 7) is 4.65. The first kappa shape index (κ1) is 12.4. The number of fused-ring (bicyclic) bond motifs is 1.